The third-order valence-corrected chi connectivity index (χ3v) is 14.3. The van der Waals surface area contributed by atoms with E-state index in [1.807, 2.05) is 66.7 Å². The number of nitrogens with zero attached hydrogens (tertiary/aromatic N) is 1. The van der Waals surface area contributed by atoms with Crippen molar-refractivity contribution in [1.29, 1.82) is 0 Å². The molecule has 49 heavy (non-hydrogen) atoms. The molecule has 0 aliphatic rings. The summed E-state index contributed by atoms with van der Waals surface area (Å²) in [5.74, 6) is 0. The minimum absolute atomic E-state index is 0.0508. The minimum atomic E-state index is -2.92. The van der Waals surface area contributed by atoms with Gasteiger partial charge in [0.2, 0.25) is 0 Å². The molecule has 7 heteroatoms. The lowest BCUT2D eigenvalue weighted by Gasteiger charge is -2.40. The van der Waals surface area contributed by atoms with Gasteiger partial charge in [-0.15, -0.1) is 5.16 Å². The smallest absolute Gasteiger partial charge is 0.354 e. The molecule has 0 aromatic heterocycles. The van der Waals surface area contributed by atoms with E-state index in [9.17, 15) is 0 Å². The molecule has 254 valence electrons. The fourth-order valence-electron chi connectivity index (χ4n) is 5.91. The van der Waals surface area contributed by atoms with Crippen LogP contribution in [-0.4, -0.2) is 37.3 Å². The first-order chi connectivity index (χ1) is 23.9. The normalized spacial score (nSPS) is 14.0. The molecule has 0 saturated heterocycles. The quantitative estimate of drug-likeness (QED) is 0.0312. The van der Waals surface area contributed by atoms with Gasteiger partial charge < -0.3 is 18.7 Å². The largest absolute Gasteiger partial charge is 0.443 e. The van der Waals surface area contributed by atoms with Gasteiger partial charge in [-0.05, 0) is 27.1 Å². The Kier molecular flexibility index (Phi) is 13.8. The average molecular weight is 784 g/mol. The van der Waals surface area contributed by atoms with Crippen molar-refractivity contribution in [2.75, 3.05) is 6.61 Å². The molecule has 0 aliphatic heterocycles. The molecule has 0 amide bonds. The number of halogens is 1. The molecule has 0 bridgehead atoms. The molecule has 5 nitrogen and oxygen atoms in total. The number of alkyl halides is 1. The molecule has 5 aromatic carbocycles. The molecule has 5 aromatic rings. The lowest BCUT2D eigenvalue weighted by atomic mass is 10.1. The Morgan fingerprint density at radius 1 is 0.592 bits per heavy atom. The zero-order chi connectivity index (χ0) is 34.4. The topological polar surface area (TPSA) is 49.3 Å². The van der Waals surface area contributed by atoms with Gasteiger partial charge in [-0.2, -0.15) is 0 Å². The Labute approximate surface area is 306 Å². The van der Waals surface area contributed by atoms with Crippen LogP contribution in [0.3, 0.4) is 0 Å². The second-order valence-corrected chi connectivity index (χ2v) is 18.8. The fraction of sp³-hybridized carbons (Fsp3) is 0.262. The second-order valence-electron chi connectivity index (χ2n) is 13.0. The monoisotopic (exact) mass is 783 g/mol. The Balaban J connectivity index is 1.47. The number of hydrogen-bond acceptors (Lipinski definition) is 5. The average Bonchev–Trinajstić information content (AvgIpc) is 3.13. The summed E-state index contributed by atoms with van der Waals surface area (Å²) in [5, 5.41) is 6.94. The van der Waals surface area contributed by atoms with Crippen molar-refractivity contribution in [2.45, 2.75) is 61.8 Å². The summed E-state index contributed by atoms with van der Waals surface area (Å²) in [7, 11) is -2.92. The van der Waals surface area contributed by atoms with Crippen molar-refractivity contribution in [3.8, 4) is 0 Å². The van der Waals surface area contributed by atoms with Crippen LogP contribution in [0.4, 0.5) is 0 Å². The summed E-state index contributed by atoms with van der Waals surface area (Å²) in [6, 6.07) is 51.7. The van der Waals surface area contributed by atoms with E-state index in [2.05, 4.69) is 128 Å². The lowest BCUT2D eigenvalue weighted by Crippen LogP contribution is -2.65. The van der Waals surface area contributed by atoms with Crippen LogP contribution in [0.1, 0.15) is 37.5 Å². The van der Waals surface area contributed by atoms with Crippen LogP contribution in [0.5, 0.6) is 0 Å². The Bertz CT molecular complexity index is 1630. The maximum Gasteiger partial charge on any atom is 0.354 e. The number of hydrogen-bond donors (Lipinski definition) is 0. The van der Waals surface area contributed by atoms with Crippen molar-refractivity contribution >= 4 is 47.5 Å². The van der Waals surface area contributed by atoms with Crippen LogP contribution >= 0.6 is 22.6 Å². The van der Waals surface area contributed by atoms with E-state index in [-0.39, 0.29) is 15.1 Å². The van der Waals surface area contributed by atoms with Crippen LogP contribution in [0.2, 0.25) is 5.04 Å². The van der Waals surface area contributed by atoms with Gasteiger partial charge >= 0.3 is 8.32 Å². The summed E-state index contributed by atoms with van der Waals surface area (Å²) in [5.41, 5.74) is 3.29. The van der Waals surface area contributed by atoms with Gasteiger partial charge in [0.15, 0.2) is 0 Å². The van der Waals surface area contributed by atoms with Gasteiger partial charge in [-0.25, -0.2) is 0 Å². The van der Waals surface area contributed by atoms with Crippen LogP contribution in [-0.2, 0) is 38.6 Å². The van der Waals surface area contributed by atoms with Gasteiger partial charge in [0, 0.05) is 5.04 Å². The first-order valence-corrected chi connectivity index (χ1v) is 19.9. The van der Waals surface area contributed by atoms with Crippen LogP contribution in [0.15, 0.2) is 157 Å². The van der Waals surface area contributed by atoms with Gasteiger partial charge in [-0.3, -0.25) is 0 Å². The third-order valence-electron chi connectivity index (χ3n) is 8.45. The maximum atomic E-state index is 6.92. The zero-order valence-corrected chi connectivity index (χ0v) is 31.7. The van der Waals surface area contributed by atoms with Crippen molar-refractivity contribution in [2.24, 2.45) is 5.16 Å². The molecule has 0 fully saturated rings. The Hall–Kier alpha value is -3.60. The van der Waals surface area contributed by atoms with Crippen LogP contribution in [0, 0.1) is 0 Å². The second kappa shape index (κ2) is 18.4. The summed E-state index contributed by atoms with van der Waals surface area (Å²) in [6.45, 7) is 8.56. The number of benzene rings is 5. The summed E-state index contributed by atoms with van der Waals surface area (Å²) >= 11 is 2.43. The van der Waals surface area contributed by atoms with Crippen molar-refractivity contribution in [3.05, 3.63) is 168 Å². The first kappa shape index (κ1) is 36.7. The standard InChI is InChI=1S/C42H46INO4Si/c1-42(2,3)49(37-25-15-7-16-26-37,38-27-17-8-18-28-38)48-44-29-40(46-31-35-21-11-5-12-22-35)41(47-32-36-23-13-6-14-24-36)39(43)33-45-30-34-19-9-4-10-20-34/h4-29,39-41H,30-33H2,1-3H3/b44-29+/t39-,40+,41+/m0/s1. The highest BCUT2D eigenvalue weighted by Gasteiger charge is 2.53. The van der Waals surface area contributed by atoms with E-state index >= 15 is 0 Å². The van der Waals surface area contributed by atoms with E-state index in [0.29, 0.717) is 26.4 Å². The number of rotatable bonds is 17. The number of ether oxygens (including phenoxy) is 3. The minimum Gasteiger partial charge on any atom is -0.443 e. The lowest BCUT2D eigenvalue weighted by molar-refractivity contribution is -0.0621. The summed E-state index contributed by atoms with van der Waals surface area (Å²) in [6.07, 6.45) is 0.900. The van der Waals surface area contributed by atoms with E-state index in [4.69, 9.17) is 23.9 Å². The molecule has 0 unspecified atom stereocenters. The molecule has 0 aliphatic carbocycles. The third kappa shape index (κ3) is 10.2. The van der Waals surface area contributed by atoms with Gasteiger partial charge in [0.05, 0.1) is 36.6 Å². The van der Waals surface area contributed by atoms with Gasteiger partial charge in [-0.1, -0.05) is 195 Å². The van der Waals surface area contributed by atoms with Crippen molar-refractivity contribution < 1.29 is 18.7 Å². The molecule has 3 atom stereocenters. The molecule has 0 saturated carbocycles. The highest BCUT2D eigenvalue weighted by molar-refractivity contribution is 14.1. The predicted molar refractivity (Wildman–Crippen MR) is 211 cm³/mol. The Morgan fingerprint density at radius 2 is 1.00 bits per heavy atom. The highest BCUT2D eigenvalue weighted by atomic mass is 127. The molecule has 0 heterocycles. The SMILES string of the molecule is CC(C)(C)[Si](O/N=C/[C@@H](OCc1ccccc1)[C@H](OCc1ccccc1)[C@@H](I)COCc1ccccc1)(c1ccccc1)c1ccccc1. The van der Waals surface area contributed by atoms with E-state index < -0.39 is 14.4 Å². The van der Waals surface area contributed by atoms with Crippen molar-refractivity contribution in [1.82, 2.24) is 0 Å². The predicted octanol–water partition coefficient (Wildman–Crippen LogP) is 8.74. The molecule has 0 radical (unpaired) electrons. The summed E-state index contributed by atoms with van der Waals surface area (Å²) < 4.78 is 26.5. The molecule has 5 rings (SSSR count). The molecule has 0 N–H and O–H groups in total. The van der Waals surface area contributed by atoms with E-state index in [1.165, 1.54) is 0 Å². The maximum absolute atomic E-state index is 6.92. The van der Waals surface area contributed by atoms with Crippen molar-refractivity contribution in [3.63, 3.8) is 0 Å². The highest BCUT2D eigenvalue weighted by Crippen LogP contribution is 2.37. The van der Waals surface area contributed by atoms with Gasteiger partial charge in [0.25, 0.3) is 0 Å². The Morgan fingerprint density at radius 3 is 1.45 bits per heavy atom. The zero-order valence-electron chi connectivity index (χ0n) is 28.5. The summed E-state index contributed by atoms with van der Waals surface area (Å²) in [4.78, 5) is 0. The van der Waals surface area contributed by atoms with E-state index in [1.54, 1.807) is 6.21 Å². The number of oxime groups is 1. The molecular formula is C42H46INO4Si. The first-order valence-electron chi connectivity index (χ1n) is 16.8. The van der Waals surface area contributed by atoms with E-state index in [0.717, 1.165) is 27.1 Å². The molecular weight excluding hydrogens is 737 g/mol. The van der Waals surface area contributed by atoms with Crippen LogP contribution < -0.4 is 10.4 Å². The molecule has 0 spiro atoms. The van der Waals surface area contributed by atoms with Crippen LogP contribution in [0.25, 0.3) is 0 Å². The van der Waals surface area contributed by atoms with Gasteiger partial charge in [0.1, 0.15) is 12.2 Å². The fourth-order valence-corrected chi connectivity index (χ4v) is 10.9.